The van der Waals surface area contributed by atoms with E-state index in [1.54, 1.807) is 18.2 Å². The van der Waals surface area contributed by atoms with Gasteiger partial charge in [0.15, 0.2) is 0 Å². The summed E-state index contributed by atoms with van der Waals surface area (Å²) in [5, 5.41) is 11.2. The van der Waals surface area contributed by atoms with Crippen LogP contribution in [0.4, 0.5) is 5.69 Å². The molecule has 2 aliphatic carbocycles. The van der Waals surface area contributed by atoms with Crippen molar-refractivity contribution in [1.82, 2.24) is 4.72 Å². The van der Waals surface area contributed by atoms with Crippen LogP contribution < -0.4 is 14.4 Å². The Morgan fingerprint density at radius 3 is 2.72 bits per heavy atom. The quantitative estimate of drug-likeness (QED) is 0.449. The van der Waals surface area contributed by atoms with Crippen molar-refractivity contribution in [2.45, 2.75) is 56.5 Å². The van der Waals surface area contributed by atoms with Gasteiger partial charge in [0.25, 0.3) is 5.91 Å². The lowest BCUT2D eigenvalue weighted by molar-refractivity contribution is 0.0981. The minimum Gasteiger partial charge on any atom is -0.490 e. The van der Waals surface area contributed by atoms with Gasteiger partial charge in [-0.25, -0.2) is 13.1 Å². The number of sulfonamides is 1. The number of aliphatic hydroxyl groups excluding tert-OH is 1. The summed E-state index contributed by atoms with van der Waals surface area (Å²) in [7, 11) is -3.89. The number of ether oxygens (including phenoxy) is 1. The molecule has 2 N–H and O–H groups in total. The van der Waals surface area contributed by atoms with Crippen LogP contribution in [0.25, 0.3) is 0 Å². The number of nitrogens with one attached hydrogen (secondary N) is 1. The summed E-state index contributed by atoms with van der Waals surface area (Å²) in [6, 6.07) is 11.4. The predicted octanol–water partition coefficient (Wildman–Crippen LogP) is 4.61. The number of aliphatic hydroxyl groups is 1. The van der Waals surface area contributed by atoms with Gasteiger partial charge in [-0.15, -0.1) is 0 Å². The zero-order valence-corrected chi connectivity index (χ0v) is 23.5. The maximum atomic E-state index is 13.0. The molecule has 9 heteroatoms. The average molecular weight is 571 g/mol. The molecule has 4 atom stereocenters. The monoisotopic (exact) mass is 570 g/mol. The first-order chi connectivity index (χ1) is 18.7. The Morgan fingerprint density at radius 1 is 1.08 bits per heavy atom. The summed E-state index contributed by atoms with van der Waals surface area (Å²) < 4.78 is 33.8. The molecule has 0 saturated heterocycles. The van der Waals surface area contributed by atoms with E-state index in [1.165, 1.54) is 23.3 Å². The number of amides is 1. The van der Waals surface area contributed by atoms with Crippen LogP contribution in [0.5, 0.6) is 5.75 Å². The van der Waals surface area contributed by atoms with Crippen molar-refractivity contribution in [2.24, 2.45) is 11.8 Å². The molecule has 0 aromatic heterocycles. The molecule has 1 amide bonds. The third-order valence-electron chi connectivity index (χ3n) is 9.08. The van der Waals surface area contributed by atoms with Crippen molar-refractivity contribution in [1.29, 1.82) is 0 Å². The maximum Gasteiger partial charge on any atom is 0.264 e. The number of carbonyl (C=O) groups excluding carboxylic acids is 1. The van der Waals surface area contributed by atoms with Crippen molar-refractivity contribution >= 4 is 33.2 Å². The topological polar surface area (TPSA) is 95.9 Å². The molecule has 2 aromatic carbocycles. The van der Waals surface area contributed by atoms with Gasteiger partial charge in [0.1, 0.15) is 5.75 Å². The molecule has 208 valence electrons. The number of benzene rings is 2. The standard InChI is InChI=1S/C30H35ClN2O5S/c31-24-9-11-26-21(15-24)3-1-13-30(26)18-33-17-23-6-5-20(23)7-10-25(34)4-2-14-39(36,37)32-29(35)22-8-12-28(38-19-30)27(33)16-22/h2,4,8-9,11-12,15-16,20,23,25,34H,1,3,5-7,10,13-14,17-19H2,(H,32,35)/b4-2-/t20-,23-,25+,30-/m0/s1. The van der Waals surface area contributed by atoms with Crippen LogP contribution in [-0.4, -0.2) is 51.0 Å². The smallest absolute Gasteiger partial charge is 0.264 e. The Bertz CT molecular complexity index is 1410. The summed E-state index contributed by atoms with van der Waals surface area (Å²) in [4.78, 5) is 15.4. The number of anilines is 1. The van der Waals surface area contributed by atoms with E-state index in [9.17, 15) is 18.3 Å². The van der Waals surface area contributed by atoms with E-state index >= 15 is 0 Å². The van der Waals surface area contributed by atoms with Gasteiger partial charge in [-0.05, 0) is 98.2 Å². The van der Waals surface area contributed by atoms with E-state index < -0.39 is 22.0 Å². The Kier molecular flexibility index (Phi) is 7.14. The van der Waals surface area contributed by atoms with Crippen LogP contribution >= 0.6 is 11.6 Å². The molecule has 2 aromatic rings. The molecule has 1 saturated carbocycles. The van der Waals surface area contributed by atoms with Crippen LogP contribution in [-0.2, 0) is 21.9 Å². The molecule has 1 spiro atoms. The molecule has 0 radical (unpaired) electrons. The molecular weight excluding hydrogens is 536 g/mol. The van der Waals surface area contributed by atoms with Crippen molar-refractivity contribution in [3.63, 3.8) is 0 Å². The number of fused-ring (bicyclic) bond motifs is 4. The Morgan fingerprint density at radius 2 is 1.90 bits per heavy atom. The number of carbonyl (C=O) groups is 1. The van der Waals surface area contributed by atoms with Crippen LogP contribution in [0.15, 0.2) is 48.6 Å². The first-order valence-electron chi connectivity index (χ1n) is 13.9. The summed E-state index contributed by atoms with van der Waals surface area (Å²) in [5.41, 5.74) is 3.44. The molecule has 0 unspecified atom stereocenters. The van der Waals surface area contributed by atoms with Crippen LogP contribution in [0, 0.1) is 11.8 Å². The van der Waals surface area contributed by atoms with E-state index in [0.717, 1.165) is 62.3 Å². The van der Waals surface area contributed by atoms with E-state index in [0.29, 0.717) is 30.6 Å². The second-order valence-corrected chi connectivity index (χ2v) is 13.9. The Hall–Kier alpha value is -2.55. The molecule has 6 rings (SSSR count). The highest BCUT2D eigenvalue weighted by Crippen LogP contribution is 2.46. The fourth-order valence-corrected chi connectivity index (χ4v) is 7.90. The highest BCUT2D eigenvalue weighted by atomic mass is 35.5. The number of aryl methyl sites for hydroxylation is 1. The third-order valence-corrected chi connectivity index (χ3v) is 10.4. The predicted molar refractivity (Wildman–Crippen MR) is 152 cm³/mol. The normalized spacial score (nSPS) is 31.1. The highest BCUT2D eigenvalue weighted by Gasteiger charge is 2.43. The lowest BCUT2D eigenvalue weighted by Crippen LogP contribution is -2.48. The number of halogens is 1. The van der Waals surface area contributed by atoms with Gasteiger partial charge in [-0.3, -0.25) is 4.79 Å². The first-order valence-corrected chi connectivity index (χ1v) is 15.9. The lowest BCUT2D eigenvalue weighted by atomic mass is 9.68. The molecular formula is C30H35ClN2O5S. The van der Waals surface area contributed by atoms with Gasteiger partial charge < -0.3 is 14.7 Å². The molecule has 39 heavy (non-hydrogen) atoms. The summed E-state index contributed by atoms with van der Waals surface area (Å²) in [6.07, 6.45) is 9.01. The van der Waals surface area contributed by atoms with E-state index in [4.69, 9.17) is 16.3 Å². The van der Waals surface area contributed by atoms with Crippen LogP contribution in [0.1, 0.15) is 60.0 Å². The Labute approximate surface area is 235 Å². The highest BCUT2D eigenvalue weighted by molar-refractivity contribution is 7.90. The minimum absolute atomic E-state index is 0.218. The molecule has 7 nitrogen and oxygen atoms in total. The van der Waals surface area contributed by atoms with E-state index in [2.05, 4.69) is 21.8 Å². The van der Waals surface area contributed by atoms with Crippen molar-refractivity contribution in [3.8, 4) is 5.75 Å². The number of hydrogen-bond acceptors (Lipinski definition) is 6. The Balaban J connectivity index is 1.40. The number of hydrogen-bond donors (Lipinski definition) is 2. The number of nitrogens with zero attached hydrogens (tertiary/aromatic N) is 1. The van der Waals surface area contributed by atoms with Gasteiger partial charge in [0.2, 0.25) is 10.0 Å². The zero-order chi connectivity index (χ0) is 27.2. The van der Waals surface area contributed by atoms with Crippen molar-refractivity contribution in [3.05, 3.63) is 70.3 Å². The van der Waals surface area contributed by atoms with Gasteiger partial charge in [0.05, 0.1) is 24.2 Å². The zero-order valence-electron chi connectivity index (χ0n) is 21.9. The van der Waals surface area contributed by atoms with Gasteiger partial charge in [-0.2, -0.15) is 0 Å². The molecule has 2 aliphatic heterocycles. The van der Waals surface area contributed by atoms with Gasteiger partial charge in [0, 0.05) is 29.1 Å². The minimum atomic E-state index is -3.89. The fourth-order valence-electron chi connectivity index (χ4n) is 6.86. The first kappa shape index (κ1) is 26.7. The molecule has 4 aliphatic rings. The van der Waals surface area contributed by atoms with E-state index in [-0.39, 0.29) is 16.7 Å². The summed E-state index contributed by atoms with van der Waals surface area (Å²) >= 11 is 6.36. The largest absolute Gasteiger partial charge is 0.490 e. The lowest BCUT2D eigenvalue weighted by Gasteiger charge is -2.44. The SMILES string of the molecule is O=C1NS(=O)(=O)C/C=C\[C@@H](O)CC[C@@H]2CC[C@H]2CN2C[C@@]3(CCCc4cc(Cl)ccc43)COc3ccc1cc32. The fraction of sp³-hybridized carbons (Fsp3) is 0.500. The number of rotatable bonds is 0. The van der Waals surface area contributed by atoms with Gasteiger partial charge >= 0.3 is 0 Å². The van der Waals surface area contributed by atoms with Gasteiger partial charge in [-0.1, -0.05) is 29.8 Å². The van der Waals surface area contributed by atoms with Crippen LogP contribution in [0.2, 0.25) is 5.02 Å². The molecule has 1 fully saturated rings. The third kappa shape index (κ3) is 5.43. The molecule has 2 heterocycles. The maximum absolute atomic E-state index is 13.0. The van der Waals surface area contributed by atoms with E-state index in [1.807, 2.05) is 6.07 Å². The second kappa shape index (κ2) is 10.5. The van der Waals surface area contributed by atoms with Crippen molar-refractivity contribution in [2.75, 3.05) is 30.3 Å². The van der Waals surface area contributed by atoms with Crippen molar-refractivity contribution < 1.29 is 23.1 Å². The average Bonchev–Trinajstić information content (AvgIpc) is 3.03. The summed E-state index contributed by atoms with van der Waals surface area (Å²) in [5.74, 6) is 0.647. The summed E-state index contributed by atoms with van der Waals surface area (Å²) in [6.45, 7) is 2.09. The molecule has 2 bridgehead atoms. The second-order valence-electron chi connectivity index (χ2n) is 11.7. The van der Waals surface area contributed by atoms with Crippen LogP contribution in [0.3, 0.4) is 0 Å².